The molecule has 4 rings (SSSR count). The highest BCUT2D eigenvalue weighted by atomic mass is 35.5. The van der Waals surface area contributed by atoms with Crippen molar-refractivity contribution < 1.29 is 14.2 Å². The maximum absolute atomic E-state index is 6.13. The quantitative estimate of drug-likeness (QED) is 0.638. The predicted molar refractivity (Wildman–Crippen MR) is 101 cm³/mol. The average molecular weight is 410 g/mol. The molecule has 3 aromatic rings. The number of nitrogens with zero attached hydrogens (tertiary/aromatic N) is 2. The van der Waals surface area contributed by atoms with Crippen molar-refractivity contribution in [1.82, 2.24) is 14.8 Å². The number of ether oxygens (including phenoxy) is 3. The smallest absolute Gasteiger partial charge is 0.199 e. The summed E-state index contributed by atoms with van der Waals surface area (Å²) in [5.41, 5.74) is 0.795. The van der Waals surface area contributed by atoms with E-state index in [4.69, 9.17) is 49.6 Å². The van der Waals surface area contributed by atoms with Crippen molar-refractivity contribution >= 4 is 35.4 Å². The number of hydrogen-bond acceptors (Lipinski definition) is 5. The Labute approximate surface area is 164 Å². The highest BCUT2D eigenvalue weighted by molar-refractivity contribution is 7.71. The van der Waals surface area contributed by atoms with Crippen molar-refractivity contribution in [3.05, 3.63) is 57.0 Å². The largest absolute Gasteiger partial charge is 0.486 e. The van der Waals surface area contributed by atoms with Crippen molar-refractivity contribution in [3.63, 3.8) is 0 Å². The van der Waals surface area contributed by atoms with Gasteiger partial charge in [-0.25, -0.2) is 0 Å². The van der Waals surface area contributed by atoms with Gasteiger partial charge in [-0.15, -0.1) is 0 Å². The van der Waals surface area contributed by atoms with Gasteiger partial charge in [0.15, 0.2) is 22.1 Å². The van der Waals surface area contributed by atoms with Crippen LogP contribution in [0.1, 0.15) is 5.82 Å². The molecule has 2 aromatic carbocycles. The Morgan fingerprint density at radius 1 is 1.12 bits per heavy atom. The summed E-state index contributed by atoms with van der Waals surface area (Å²) in [5, 5.41) is 8.03. The predicted octanol–water partition coefficient (Wildman–Crippen LogP) is 4.59. The molecule has 0 atom stereocenters. The van der Waals surface area contributed by atoms with Gasteiger partial charge >= 0.3 is 0 Å². The molecule has 6 nitrogen and oxygen atoms in total. The number of halogens is 2. The van der Waals surface area contributed by atoms with E-state index in [1.54, 1.807) is 22.8 Å². The molecule has 0 aliphatic carbocycles. The molecule has 0 saturated carbocycles. The summed E-state index contributed by atoms with van der Waals surface area (Å²) in [6.07, 6.45) is 0. The second kappa shape index (κ2) is 7.19. The third kappa shape index (κ3) is 3.38. The number of rotatable bonds is 4. The van der Waals surface area contributed by atoms with Gasteiger partial charge in [0.1, 0.15) is 25.6 Å². The molecule has 1 aromatic heterocycles. The van der Waals surface area contributed by atoms with E-state index in [2.05, 4.69) is 10.2 Å². The molecule has 0 bridgehead atoms. The SMILES string of the molecule is S=c1[nH]nc(COc2cc(Cl)ccc2Cl)n1-c1ccc2c(c1)OCCO2. The molecule has 26 heavy (non-hydrogen) atoms. The van der Waals surface area contributed by atoms with Gasteiger partial charge < -0.3 is 14.2 Å². The lowest BCUT2D eigenvalue weighted by atomic mass is 10.2. The van der Waals surface area contributed by atoms with E-state index in [-0.39, 0.29) is 6.61 Å². The summed E-state index contributed by atoms with van der Waals surface area (Å²) in [6.45, 7) is 1.20. The summed E-state index contributed by atoms with van der Waals surface area (Å²) in [6, 6.07) is 10.6. The maximum Gasteiger partial charge on any atom is 0.199 e. The van der Waals surface area contributed by atoms with Crippen LogP contribution in [-0.2, 0) is 6.61 Å². The molecule has 1 N–H and O–H groups in total. The van der Waals surface area contributed by atoms with Gasteiger partial charge in [-0.2, -0.15) is 5.10 Å². The van der Waals surface area contributed by atoms with Gasteiger partial charge in [0.05, 0.1) is 10.7 Å². The number of fused-ring (bicyclic) bond motifs is 1. The monoisotopic (exact) mass is 409 g/mol. The molecular formula is C17H13Cl2N3O3S. The molecule has 9 heteroatoms. The highest BCUT2D eigenvalue weighted by Gasteiger charge is 2.16. The van der Waals surface area contributed by atoms with Gasteiger partial charge in [0.2, 0.25) is 0 Å². The van der Waals surface area contributed by atoms with Gasteiger partial charge in [-0.05, 0) is 36.5 Å². The number of H-pyrrole nitrogens is 1. The van der Waals surface area contributed by atoms with E-state index in [1.165, 1.54) is 0 Å². The minimum absolute atomic E-state index is 0.154. The standard InChI is InChI=1S/C17H13Cl2N3O3S/c18-10-1-3-12(19)14(7-10)25-9-16-20-21-17(26)22(16)11-2-4-13-15(8-11)24-6-5-23-13/h1-4,7-8H,5-6,9H2,(H,21,26). The first-order chi connectivity index (χ1) is 12.6. The van der Waals surface area contributed by atoms with Gasteiger partial charge in [0.25, 0.3) is 0 Å². The third-order valence-corrected chi connectivity index (χ3v) is 4.60. The number of nitrogens with one attached hydrogen (secondary N) is 1. The van der Waals surface area contributed by atoms with E-state index in [0.29, 0.717) is 51.1 Å². The summed E-state index contributed by atoms with van der Waals surface area (Å²) >= 11 is 17.5. The Balaban J connectivity index is 1.63. The second-order valence-electron chi connectivity index (χ2n) is 5.47. The topological polar surface area (TPSA) is 61.3 Å². The Hall–Kier alpha value is -2.22. The van der Waals surface area contributed by atoms with Crippen LogP contribution in [0.2, 0.25) is 10.0 Å². The lowest BCUT2D eigenvalue weighted by Gasteiger charge is -2.19. The molecule has 0 unspecified atom stereocenters. The third-order valence-electron chi connectivity index (χ3n) is 3.78. The van der Waals surface area contributed by atoms with Crippen LogP contribution < -0.4 is 14.2 Å². The zero-order valence-corrected chi connectivity index (χ0v) is 15.7. The van der Waals surface area contributed by atoms with Gasteiger partial charge in [-0.1, -0.05) is 23.2 Å². The van der Waals surface area contributed by atoms with Crippen LogP contribution in [0.25, 0.3) is 5.69 Å². The lowest BCUT2D eigenvalue weighted by Crippen LogP contribution is -2.15. The minimum atomic E-state index is 0.154. The molecular weight excluding hydrogens is 397 g/mol. The molecule has 0 spiro atoms. The Morgan fingerprint density at radius 3 is 2.77 bits per heavy atom. The fraction of sp³-hybridized carbons (Fsp3) is 0.176. The summed E-state index contributed by atoms with van der Waals surface area (Å²) in [4.78, 5) is 0. The first kappa shape index (κ1) is 17.2. The van der Waals surface area contributed by atoms with E-state index in [9.17, 15) is 0 Å². The van der Waals surface area contributed by atoms with Crippen LogP contribution in [0.15, 0.2) is 36.4 Å². The van der Waals surface area contributed by atoms with Crippen LogP contribution in [0.5, 0.6) is 17.2 Å². The number of aromatic nitrogens is 3. The first-order valence-electron chi connectivity index (χ1n) is 7.76. The van der Waals surface area contributed by atoms with E-state index < -0.39 is 0 Å². The molecule has 0 saturated heterocycles. The van der Waals surface area contributed by atoms with E-state index in [1.807, 2.05) is 18.2 Å². The Bertz CT molecular complexity index is 1020. The molecule has 1 aliphatic rings. The summed E-state index contributed by atoms with van der Waals surface area (Å²) in [7, 11) is 0. The van der Waals surface area contributed by atoms with E-state index >= 15 is 0 Å². The molecule has 134 valence electrons. The molecule has 0 fully saturated rings. The van der Waals surface area contributed by atoms with Crippen LogP contribution in [-0.4, -0.2) is 28.0 Å². The maximum atomic E-state index is 6.13. The van der Waals surface area contributed by atoms with Crippen LogP contribution in [0.3, 0.4) is 0 Å². The fourth-order valence-electron chi connectivity index (χ4n) is 2.59. The zero-order valence-electron chi connectivity index (χ0n) is 13.4. The Morgan fingerprint density at radius 2 is 1.92 bits per heavy atom. The van der Waals surface area contributed by atoms with Crippen molar-refractivity contribution in [2.75, 3.05) is 13.2 Å². The van der Waals surface area contributed by atoms with Crippen LogP contribution in [0, 0.1) is 4.77 Å². The number of hydrogen-bond donors (Lipinski definition) is 1. The molecule has 2 heterocycles. The minimum Gasteiger partial charge on any atom is -0.486 e. The van der Waals surface area contributed by atoms with Gasteiger partial charge in [-0.3, -0.25) is 9.67 Å². The first-order valence-corrected chi connectivity index (χ1v) is 8.92. The van der Waals surface area contributed by atoms with Gasteiger partial charge in [0, 0.05) is 17.2 Å². The van der Waals surface area contributed by atoms with Crippen molar-refractivity contribution in [1.29, 1.82) is 0 Å². The highest BCUT2D eigenvalue weighted by Crippen LogP contribution is 2.33. The lowest BCUT2D eigenvalue weighted by molar-refractivity contribution is 0.171. The number of aromatic amines is 1. The average Bonchev–Trinajstić information content (AvgIpc) is 3.02. The summed E-state index contributed by atoms with van der Waals surface area (Å²) in [5.74, 6) is 2.43. The fourth-order valence-corrected chi connectivity index (χ4v) is 3.18. The van der Waals surface area contributed by atoms with Crippen molar-refractivity contribution in [3.8, 4) is 22.9 Å². The molecule has 0 radical (unpaired) electrons. The van der Waals surface area contributed by atoms with Crippen molar-refractivity contribution in [2.45, 2.75) is 6.61 Å². The van der Waals surface area contributed by atoms with Crippen molar-refractivity contribution in [2.24, 2.45) is 0 Å². The Kier molecular flexibility index (Phi) is 4.76. The zero-order chi connectivity index (χ0) is 18.1. The number of benzene rings is 2. The van der Waals surface area contributed by atoms with Crippen LogP contribution in [0.4, 0.5) is 0 Å². The second-order valence-corrected chi connectivity index (χ2v) is 6.70. The van der Waals surface area contributed by atoms with E-state index in [0.717, 1.165) is 5.69 Å². The molecule has 0 amide bonds. The summed E-state index contributed by atoms with van der Waals surface area (Å²) < 4.78 is 19.2. The normalized spacial score (nSPS) is 12.8. The molecule has 1 aliphatic heterocycles. The van der Waals surface area contributed by atoms with Crippen LogP contribution >= 0.6 is 35.4 Å².